The van der Waals surface area contributed by atoms with Gasteiger partial charge in [0.1, 0.15) is 0 Å². The van der Waals surface area contributed by atoms with Gasteiger partial charge in [0.25, 0.3) is 0 Å². The first-order valence-corrected chi connectivity index (χ1v) is 7.53. The normalized spacial score (nSPS) is 26.1. The fourth-order valence-electron chi connectivity index (χ4n) is 2.85. The lowest BCUT2D eigenvalue weighted by atomic mass is 9.80. The summed E-state index contributed by atoms with van der Waals surface area (Å²) in [7, 11) is 1.39. The highest BCUT2D eigenvalue weighted by Gasteiger charge is 2.26. The Hall–Kier alpha value is -1.22. The van der Waals surface area contributed by atoms with E-state index in [9.17, 15) is 4.79 Å². The van der Waals surface area contributed by atoms with Crippen LogP contribution in [0.3, 0.4) is 0 Å². The van der Waals surface area contributed by atoms with Crippen LogP contribution >= 0.6 is 11.6 Å². The number of benzene rings is 1. The molecule has 1 aromatic rings. The first-order valence-electron chi connectivity index (χ1n) is 7.15. The quantitative estimate of drug-likeness (QED) is 0.842. The topological polar surface area (TPSA) is 38.3 Å². The smallest absolute Gasteiger partial charge is 0.340 e. The van der Waals surface area contributed by atoms with E-state index in [1.165, 1.54) is 20.0 Å². The molecule has 20 heavy (non-hydrogen) atoms. The van der Waals surface area contributed by atoms with Crippen LogP contribution in [0, 0.1) is 11.8 Å². The third-order valence-corrected chi connectivity index (χ3v) is 4.42. The van der Waals surface area contributed by atoms with Crippen molar-refractivity contribution >= 4 is 23.3 Å². The van der Waals surface area contributed by atoms with Gasteiger partial charge in [-0.3, -0.25) is 0 Å². The van der Waals surface area contributed by atoms with Gasteiger partial charge in [-0.15, -0.1) is 0 Å². The van der Waals surface area contributed by atoms with E-state index in [4.69, 9.17) is 16.3 Å². The van der Waals surface area contributed by atoms with Crippen molar-refractivity contribution in [1.82, 2.24) is 0 Å². The van der Waals surface area contributed by atoms with Crippen LogP contribution in [0.15, 0.2) is 18.2 Å². The van der Waals surface area contributed by atoms with Crippen molar-refractivity contribution in [2.45, 2.75) is 39.2 Å². The standard InChI is InChI=1S/C16H22ClNO2/c1-10-4-5-11(2)15(8-10)18-14-7-6-12(17)9-13(14)16(19)20-3/h6-7,9-11,15,18H,4-5,8H2,1-3H3. The van der Waals surface area contributed by atoms with Gasteiger partial charge in [0.05, 0.1) is 12.7 Å². The number of hydrogen-bond acceptors (Lipinski definition) is 3. The summed E-state index contributed by atoms with van der Waals surface area (Å²) in [6.07, 6.45) is 3.63. The molecule has 1 fully saturated rings. The molecule has 0 aromatic heterocycles. The van der Waals surface area contributed by atoms with Gasteiger partial charge in [-0.1, -0.05) is 31.9 Å². The molecule has 0 bridgehead atoms. The van der Waals surface area contributed by atoms with Gasteiger partial charge >= 0.3 is 5.97 Å². The number of ether oxygens (including phenoxy) is 1. The lowest BCUT2D eigenvalue weighted by Crippen LogP contribution is -2.34. The highest BCUT2D eigenvalue weighted by molar-refractivity contribution is 6.31. The molecule has 0 radical (unpaired) electrons. The van der Waals surface area contributed by atoms with Gasteiger partial charge < -0.3 is 10.1 Å². The molecule has 0 heterocycles. The van der Waals surface area contributed by atoms with Crippen molar-refractivity contribution in [2.24, 2.45) is 11.8 Å². The first-order chi connectivity index (χ1) is 9.51. The summed E-state index contributed by atoms with van der Waals surface area (Å²) >= 11 is 5.98. The van der Waals surface area contributed by atoms with Gasteiger partial charge in [0.15, 0.2) is 0 Å². The summed E-state index contributed by atoms with van der Waals surface area (Å²) in [5, 5.41) is 4.06. The molecule has 1 aromatic carbocycles. The molecular formula is C16H22ClNO2. The lowest BCUT2D eigenvalue weighted by Gasteiger charge is -2.34. The van der Waals surface area contributed by atoms with Crippen molar-refractivity contribution in [3.05, 3.63) is 28.8 Å². The Morgan fingerprint density at radius 2 is 2.10 bits per heavy atom. The predicted octanol–water partition coefficient (Wildman–Crippen LogP) is 4.36. The van der Waals surface area contributed by atoms with Crippen LogP contribution < -0.4 is 5.32 Å². The number of carbonyl (C=O) groups excluding carboxylic acids is 1. The molecule has 1 saturated carbocycles. The molecule has 2 rings (SSSR count). The molecule has 3 atom stereocenters. The second-order valence-corrected chi connectivity index (χ2v) is 6.26. The summed E-state index contributed by atoms with van der Waals surface area (Å²) in [6, 6.07) is 5.71. The molecule has 110 valence electrons. The number of anilines is 1. The molecule has 1 N–H and O–H groups in total. The van der Waals surface area contributed by atoms with E-state index in [0.29, 0.717) is 22.5 Å². The van der Waals surface area contributed by atoms with Crippen LogP contribution in [-0.2, 0) is 4.74 Å². The second-order valence-electron chi connectivity index (χ2n) is 5.83. The van der Waals surface area contributed by atoms with Crippen molar-refractivity contribution in [3.8, 4) is 0 Å². The maximum atomic E-state index is 11.9. The molecule has 4 heteroatoms. The van der Waals surface area contributed by atoms with Crippen molar-refractivity contribution in [2.75, 3.05) is 12.4 Å². The molecule has 0 amide bonds. The molecule has 0 spiro atoms. The largest absolute Gasteiger partial charge is 0.465 e. The highest BCUT2D eigenvalue weighted by Crippen LogP contribution is 2.32. The van der Waals surface area contributed by atoms with E-state index >= 15 is 0 Å². The van der Waals surface area contributed by atoms with E-state index in [-0.39, 0.29) is 5.97 Å². The Balaban J connectivity index is 2.22. The van der Waals surface area contributed by atoms with Gasteiger partial charge in [0, 0.05) is 16.8 Å². The third kappa shape index (κ3) is 3.45. The minimum Gasteiger partial charge on any atom is -0.465 e. The van der Waals surface area contributed by atoms with Crippen LogP contribution in [0.4, 0.5) is 5.69 Å². The molecule has 3 unspecified atom stereocenters. The highest BCUT2D eigenvalue weighted by atomic mass is 35.5. The predicted molar refractivity (Wildman–Crippen MR) is 82.4 cm³/mol. The van der Waals surface area contributed by atoms with Gasteiger partial charge in [-0.2, -0.15) is 0 Å². The Bertz CT molecular complexity index is 489. The molecule has 3 nitrogen and oxygen atoms in total. The fourth-order valence-corrected chi connectivity index (χ4v) is 3.03. The van der Waals surface area contributed by atoms with Crippen molar-refractivity contribution < 1.29 is 9.53 Å². The Morgan fingerprint density at radius 3 is 2.80 bits per heavy atom. The van der Waals surface area contributed by atoms with Gasteiger partial charge in [-0.05, 0) is 42.9 Å². The zero-order chi connectivity index (χ0) is 14.7. The molecule has 0 aliphatic heterocycles. The number of rotatable bonds is 3. The van der Waals surface area contributed by atoms with Crippen molar-refractivity contribution in [3.63, 3.8) is 0 Å². The number of carbonyl (C=O) groups is 1. The number of halogens is 1. The number of esters is 1. The summed E-state index contributed by atoms with van der Waals surface area (Å²) in [4.78, 5) is 11.9. The maximum Gasteiger partial charge on any atom is 0.340 e. The van der Waals surface area contributed by atoms with Crippen molar-refractivity contribution in [1.29, 1.82) is 0 Å². The minimum absolute atomic E-state index is 0.355. The number of hydrogen-bond donors (Lipinski definition) is 1. The maximum absolute atomic E-state index is 11.9. The summed E-state index contributed by atoms with van der Waals surface area (Å²) in [5.41, 5.74) is 1.32. The first kappa shape index (κ1) is 15.2. The van der Waals surface area contributed by atoms with E-state index in [1.54, 1.807) is 12.1 Å². The fraction of sp³-hybridized carbons (Fsp3) is 0.562. The minimum atomic E-state index is -0.355. The Labute approximate surface area is 125 Å². The van der Waals surface area contributed by atoms with Crippen LogP contribution in [0.1, 0.15) is 43.5 Å². The van der Waals surface area contributed by atoms with E-state index < -0.39 is 0 Å². The Morgan fingerprint density at radius 1 is 1.35 bits per heavy atom. The number of methoxy groups -OCH3 is 1. The van der Waals surface area contributed by atoms with E-state index in [0.717, 1.165) is 18.0 Å². The molecule has 1 aliphatic rings. The molecular weight excluding hydrogens is 274 g/mol. The van der Waals surface area contributed by atoms with Crippen LogP contribution in [0.25, 0.3) is 0 Å². The Kier molecular flexibility index (Phi) is 4.92. The average molecular weight is 296 g/mol. The molecule has 1 aliphatic carbocycles. The monoisotopic (exact) mass is 295 g/mol. The van der Waals surface area contributed by atoms with Gasteiger partial charge in [-0.25, -0.2) is 4.79 Å². The zero-order valence-corrected chi connectivity index (χ0v) is 13.0. The molecule has 0 saturated heterocycles. The van der Waals surface area contributed by atoms with Crippen LogP contribution in [-0.4, -0.2) is 19.1 Å². The SMILES string of the molecule is COC(=O)c1cc(Cl)ccc1NC1CC(C)CCC1C. The van der Waals surface area contributed by atoms with Crippen LogP contribution in [0.2, 0.25) is 5.02 Å². The third-order valence-electron chi connectivity index (χ3n) is 4.19. The average Bonchev–Trinajstić information content (AvgIpc) is 2.43. The van der Waals surface area contributed by atoms with E-state index in [2.05, 4.69) is 19.2 Å². The summed E-state index contributed by atoms with van der Waals surface area (Å²) in [6.45, 7) is 4.54. The van der Waals surface area contributed by atoms with Crippen LogP contribution in [0.5, 0.6) is 0 Å². The van der Waals surface area contributed by atoms with E-state index in [1.807, 2.05) is 6.07 Å². The summed E-state index contributed by atoms with van der Waals surface area (Å²) in [5.74, 6) is 0.969. The number of nitrogens with one attached hydrogen (secondary N) is 1. The zero-order valence-electron chi connectivity index (χ0n) is 12.3. The lowest BCUT2D eigenvalue weighted by molar-refractivity contribution is 0.0601. The second kappa shape index (κ2) is 6.49. The van der Waals surface area contributed by atoms with Gasteiger partial charge in [0.2, 0.25) is 0 Å². The summed E-state index contributed by atoms with van der Waals surface area (Å²) < 4.78 is 4.83.